The molecule has 0 bridgehead atoms. The summed E-state index contributed by atoms with van der Waals surface area (Å²) in [7, 11) is 0. The van der Waals surface area contributed by atoms with E-state index in [0.29, 0.717) is 17.3 Å². The number of halogens is 1. The highest BCUT2D eigenvalue weighted by atomic mass is 35.5. The predicted molar refractivity (Wildman–Crippen MR) is 83.6 cm³/mol. The van der Waals surface area contributed by atoms with E-state index >= 15 is 0 Å². The van der Waals surface area contributed by atoms with Crippen molar-refractivity contribution in [1.29, 1.82) is 0 Å². The molecule has 2 unspecified atom stereocenters. The lowest BCUT2D eigenvalue weighted by atomic mass is 9.85. The molecule has 0 aliphatic heterocycles. The van der Waals surface area contributed by atoms with E-state index in [1.54, 1.807) is 36.8 Å². The second-order valence-corrected chi connectivity index (χ2v) is 6.62. The molecule has 0 radical (unpaired) electrons. The first-order valence-corrected chi connectivity index (χ1v) is 7.30. The summed E-state index contributed by atoms with van der Waals surface area (Å²) in [5, 5.41) is 11.2. The van der Waals surface area contributed by atoms with Gasteiger partial charge in [0.2, 0.25) is 0 Å². The summed E-state index contributed by atoms with van der Waals surface area (Å²) in [5.41, 5.74) is -0.280. The molecule has 2 rings (SSSR count). The monoisotopic (exact) mass is 308 g/mol. The number of hydrogen-bond donors (Lipinski definition) is 1. The van der Waals surface area contributed by atoms with E-state index in [1.807, 2.05) is 31.5 Å². The number of imidazole rings is 1. The van der Waals surface area contributed by atoms with Gasteiger partial charge in [0.05, 0.1) is 19.0 Å². The van der Waals surface area contributed by atoms with Gasteiger partial charge in [0.1, 0.15) is 11.9 Å². The fourth-order valence-electron chi connectivity index (χ4n) is 2.05. The SMILES string of the molecule is CC(C)(C)C(O)C(Cn1ccnc1)Oc1ccc(Cl)cc1. The first-order valence-electron chi connectivity index (χ1n) is 6.92. The van der Waals surface area contributed by atoms with Crippen LogP contribution >= 0.6 is 11.6 Å². The van der Waals surface area contributed by atoms with Gasteiger partial charge in [-0.3, -0.25) is 0 Å². The number of aliphatic hydroxyl groups is 1. The third-order valence-electron chi connectivity index (χ3n) is 3.29. The molecule has 0 saturated carbocycles. The minimum Gasteiger partial charge on any atom is -0.486 e. The maximum atomic E-state index is 10.6. The molecular weight excluding hydrogens is 288 g/mol. The highest BCUT2D eigenvalue weighted by Crippen LogP contribution is 2.26. The Bertz CT molecular complexity index is 547. The summed E-state index contributed by atoms with van der Waals surface area (Å²) in [6.45, 7) is 6.50. The van der Waals surface area contributed by atoms with Gasteiger partial charge in [0, 0.05) is 17.4 Å². The van der Waals surface area contributed by atoms with E-state index in [4.69, 9.17) is 16.3 Å². The Labute approximate surface area is 130 Å². The van der Waals surface area contributed by atoms with Crippen LogP contribution in [0.3, 0.4) is 0 Å². The van der Waals surface area contributed by atoms with Gasteiger partial charge in [-0.15, -0.1) is 0 Å². The summed E-state index contributed by atoms with van der Waals surface area (Å²) in [6.07, 6.45) is 4.29. The minimum atomic E-state index is -0.615. The predicted octanol–water partition coefficient (Wildman–Crippen LogP) is 3.39. The summed E-state index contributed by atoms with van der Waals surface area (Å²) < 4.78 is 7.87. The van der Waals surface area contributed by atoms with Gasteiger partial charge in [0.25, 0.3) is 0 Å². The Hall–Kier alpha value is -1.52. The molecule has 114 valence electrons. The average Bonchev–Trinajstić information content (AvgIpc) is 2.91. The normalized spacial score (nSPS) is 14.7. The summed E-state index contributed by atoms with van der Waals surface area (Å²) in [4.78, 5) is 4.02. The van der Waals surface area contributed by atoms with Crippen LogP contribution in [0.1, 0.15) is 20.8 Å². The van der Waals surface area contributed by atoms with E-state index in [-0.39, 0.29) is 11.5 Å². The van der Waals surface area contributed by atoms with Gasteiger partial charge in [-0.1, -0.05) is 32.4 Å². The first kappa shape index (κ1) is 15.9. The second kappa shape index (κ2) is 6.50. The zero-order valence-electron chi connectivity index (χ0n) is 12.5. The lowest BCUT2D eigenvalue weighted by Crippen LogP contribution is -2.43. The fourth-order valence-corrected chi connectivity index (χ4v) is 2.18. The van der Waals surface area contributed by atoms with Crippen molar-refractivity contribution in [2.24, 2.45) is 5.41 Å². The molecule has 0 fully saturated rings. The Morgan fingerprint density at radius 2 is 1.95 bits per heavy atom. The second-order valence-electron chi connectivity index (χ2n) is 6.18. The van der Waals surface area contributed by atoms with E-state index in [0.717, 1.165) is 0 Å². The van der Waals surface area contributed by atoms with Crippen molar-refractivity contribution in [2.75, 3.05) is 0 Å². The number of aliphatic hydroxyl groups excluding tert-OH is 1. The van der Waals surface area contributed by atoms with Crippen molar-refractivity contribution in [2.45, 2.75) is 39.5 Å². The van der Waals surface area contributed by atoms with Crippen LogP contribution < -0.4 is 4.74 Å². The standard InChI is InChI=1S/C16H21ClN2O2/c1-16(2,3)15(20)14(10-19-9-8-18-11-19)21-13-6-4-12(17)5-7-13/h4-9,11,14-15,20H,10H2,1-3H3. The quantitative estimate of drug-likeness (QED) is 0.921. The summed E-state index contributed by atoms with van der Waals surface area (Å²) in [5.74, 6) is 0.688. The van der Waals surface area contributed by atoms with Gasteiger partial charge in [0.15, 0.2) is 0 Å². The smallest absolute Gasteiger partial charge is 0.143 e. The zero-order chi connectivity index (χ0) is 15.5. The van der Waals surface area contributed by atoms with Gasteiger partial charge in [-0.25, -0.2) is 4.98 Å². The van der Waals surface area contributed by atoms with Crippen LogP contribution in [0, 0.1) is 5.41 Å². The van der Waals surface area contributed by atoms with E-state index in [9.17, 15) is 5.11 Å². The van der Waals surface area contributed by atoms with Gasteiger partial charge in [-0.2, -0.15) is 0 Å². The van der Waals surface area contributed by atoms with Crippen LogP contribution in [0.5, 0.6) is 5.75 Å². The molecule has 1 aromatic heterocycles. The van der Waals surface area contributed by atoms with Crippen LogP contribution in [-0.4, -0.2) is 26.9 Å². The molecule has 1 N–H and O–H groups in total. The number of nitrogens with zero attached hydrogens (tertiary/aromatic N) is 2. The maximum absolute atomic E-state index is 10.6. The molecule has 0 amide bonds. The summed E-state index contributed by atoms with van der Waals surface area (Å²) in [6, 6.07) is 7.15. The Balaban J connectivity index is 2.16. The minimum absolute atomic E-state index is 0.280. The molecule has 5 heteroatoms. The molecule has 1 heterocycles. The van der Waals surface area contributed by atoms with Crippen molar-refractivity contribution >= 4 is 11.6 Å². The molecule has 4 nitrogen and oxygen atoms in total. The molecule has 0 spiro atoms. The largest absolute Gasteiger partial charge is 0.486 e. The average molecular weight is 309 g/mol. The number of rotatable bonds is 5. The van der Waals surface area contributed by atoms with Gasteiger partial charge >= 0.3 is 0 Å². The first-order chi connectivity index (χ1) is 9.86. The van der Waals surface area contributed by atoms with E-state index in [1.165, 1.54) is 0 Å². The fraction of sp³-hybridized carbons (Fsp3) is 0.438. The van der Waals surface area contributed by atoms with Crippen molar-refractivity contribution in [3.05, 3.63) is 48.0 Å². The molecule has 21 heavy (non-hydrogen) atoms. The third-order valence-corrected chi connectivity index (χ3v) is 3.54. The van der Waals surface area contributed by atoms with E-state index < -0.39 is 6.10 Å². The number of aromatic nitrogens is 2. The lowest BCUT2D eigenvalue weighted by Gasteiger charge is -2.33. The highest BCUT2D eigenvalue weighted by Gasteiger charge is 2.32. The molecule has 0 aliphatic carbocycles. The molecule has 0 aliphatic rings. The third kappa shape index (κ3) is 4.48. The van der Waals surface area contributed by atoms with Crippen molar-refractivity contribution in [1.82, 2.24) is 9.55 Å². The highest BCUT2D eigenvalue weighted by molar-refractivity contribution is 6.30. The van der Waals surface area contributed by atoms with Crippen molar-refractivity contribution in [3.8, 4) is 5.75 Å². The number of hydrogen-bond acceptors (Lipinski definition) is 3. The molecule has 1 aromatic carbocycles. The Kier molecular flexibility index (Phi) is 4.91. The van der Waals surface area contributed by atoms with Crippen molar-refractivity contribution < 1.29 is 9.84 Å². The zero-order valence-corrected chi connectivity index (χ0v) is 13.3. The molecule has 2 aromatic rings. The van der Waals surface area contributed by atoms with Crippen LogP contribution in [0.15, 0.2) is 43.0 Å². The Morgan fingerprint density at radius 3 is 2.48 bits per heavy atom. The van der Waals surface area contributed by atoms with Crippen LogP contribution in [0.4, 0.5) is 0 Å². The van der Waals surface area contributed by atoms with Gasteiger partial charge in [-0.05, 0) is 29.7 Å². The summed E-state index contributed by atoms with van der Waals surface area (Å²) >= 11 is 5.88. The molecule has 0 saturated heterocycles. The van der Waals surface area contributed by atoms with Gasteiger partial charge < -0.3 is 14.4 Å². The molecular formula is C16H21ClN2O2. The number of ether oxygens (including phenoxy) is 1. The van der Waals surface area contributed by atoms with E-state index in [2.05, 4.69) is 4.98 Å². The lowest BCUT2D eigenvalue weighted by molar-refractivity contribution is -0.0383. The maximum Gasteiger partial charge on any atom is 0.143 e. The van der Waals surface area contributed by atoms with Crippen molar-refractivity contribution in [3.63, 3.8) is 0 Å². The Morgan fingerprint density at radius 1 is 1.29 bits per heavy atom. The number of benzene rings is 1. The topological polar surface area (TPSA) is 47.3 Å². The molecule has 2 atom stereocenters. The van der Waals surface area contributed by atoms with Crippen LogP contribution in [0.2, 0.25) is 5.02 Å². The van der Waals surface area contributed by atoms with Crippen LogP contribution in [-0.2, 0) is 6.54 Å². The van der Waals surface area contributed by atoms with Crippen LogP contribution in [0.25, 0.3) is 0 Å².